The molecule has 0 bridgehead atoms. The molecule has 0 fully saturated rings. The highest BCUT2D eigenvalue weighted by Gasteiger charge is 2.17. The van der Waals surface area contributed by atoms with E-state index in [-0.39, 0.29) is 12.6 Å². The summed E-state index contributed by atoms with van der Waals surface area (Å²) in [5.74, 6) is 0.586. The van der Waals surface area contributed by atoms with Crippen LogP contribution in [0.2, 0.25) is 0 Å². The van der Waals surface area contributed by atoms with Gasteiger partial charge in [0.05, 0.1) is 12.6 Å². The first-order valence-electron chi connectivity index (χ1n) is 6.10. The van der Waals surface area contributed by atoms with Crippen LogP contribution >= 0.6 is 0 Å². The Bertz CT molecular complexity index is 284. The van der Waals surface area contributed by atoms with Gasteiger partial charge < -0.3 is 10.4 Å². The number of aliphatic hydroxyl groups is 1. The third-order valence-corrected chi connectivity index (χ3v) is 3.04. The van der Waals surface area contributed by atoms with Crippen LogP contribution in [0.3, 0.4) is 0 Å². The van der Waals surface area contributed by atoms with Gasteiger partial charge >= 0.3 is 0 Å². The van der Waals surface area contributed by atoms with Crippen molar-refractivity contribution < 1.29 is 5.11 Å². The number of hydrogen-bond acceptors (Lipinski definition) is 2. The summed E-state index contributed by atoms with van der Waals surface area (Å²) in [6, 6.07) is 10.6. The first kappa shape index (κ1) is 13.2. The smallest absolute Gasteiger partial charge is 0.0626 e. The zero-order valence-corrected chi connectivity index (χ0v) is 10.5. The maximum Gasteiger partial charge on any atom is 0.0626 e. The number of benzene rings is 1. The van der Waals surface area contributed by atoms with Crippen LogP contribution in [0.4, 0.5) is 0 Å². The Kier molecular flexibility index (Phi) is 5.50. The normalized spacial score (nSPS) is 15.1. The first-order chi connectivity index (χ1) is 7.69. The van der Waals surface area contributed by atoms with Gasteiger partial charge in [-0.2, -0.15) is 0 Å². The summed E-state index contributed by atoms with van der Waals surface area (Å²) in [4.78, 5) is 0. The Morgan fingerprint density at radius 2 is 1.81 bits per heavy atom. The van der Waals surface area contributed by atoms with E-state index in [1.807, 2.05) is 18.2 Å². The van der Waals surface area contributed by atoms with Crippen molar-refractivity contribution in [2.75, 3.05) is 6.61 Å². The van der Waals surface area contributed by atoms with E-state index in [1.54, 1.807) is 0 Å². The molecule has 2 unspecified atom stereocenters. The Balaban J connectivity index is 2.68. The van der Waals surface area contributed by atoms with Gasteiger partial charge in [-0.3, -0.25) is 0 Å². The molecule has 2 heteroatoms. The average Bonchev–Trinajstić information content (AvgIpc) is 2.31. The Hall–Kier alpha value is -0.860. The molecule has 0 aromatic heterocycles. The summed E-state index contributed by atoms with van der Waals surface area (Å²) >= 11 is 0. The molecular formula is C14H23NO. The highest BCUT2D eigenvalue weighted by Crippen LogP contribution is 2.16. The van der Waals surface area contributed by atoms with Crippen molar-refractivity contribution in [3.63, 3.8) is 0 Å². The molecule has 2 nitrogen and oxygen atoms in total. The second kappa shape index (κ2) is 6.66. The lowest BCUT2D eigenvalue weighted by Crippen LogP contribution is -2.37. The van der Waals surface area contributed by atoms with Gasteiger partial charge in [0, 0.05) is 6.04 Å². The quantitative estimate of drug-likeness (QED) is 0.774. The summed E-state index contributed by atoms with van der Waals surface area (Å²) in [5, 5.41) is 13.0. The predicted molar refractivity (Wildman–Crippen MR) is 68.3 cm³/mol. The molecule has 0 saturated carbocycles. The van der Waals surface area contributed by atoms with Crippen LogP contribution in [0.25, 0.3) is 0 Å². The lowest BCUT2D eigenvalue weighted by Gasteiger charge is -2.26. The van der Waals surface area contributed by atoms with Crippen molar-refractivity contribution >= 4 is 0 Å². The van der Waals surface area contributed by atoms with Crippen molar-refractivity contribution in [3.05, 3.63) is 35.9 Å². The van der Waals surface area contributed by atoms with Gasteiger partial charge in [0.1, 0.15) is 0 Å². The van der Waals surface area contributed by atoms with E-state index in [1.165, 1.54) is 0 Å². The fourth-order valence-corrected chi connectivity index (χ4v) is 1.98. The molecular weight excluding hydrogens is 198 g/mol. The fraction of sp³-hybridized carbons (Fsp3) is 0.571. The second-order valence-electron chi connectivity index (χ2n) is 4.57. The maximum absolute atomic E-state index is 9.44. The van der Waals surface area contributed by atoms with Crippen molar-refractivity contribution in [2.45, 2.75) is 39.3 Å². The SMILES string of the molecule is CCC(NC(CO)c1ccccc1)C(C)C. The third kappa shape index (κ3) is 3.62. The van der Waals surface area contributed by atoms with Crippen LogP contribution in [-0.2, 0) is 0 Å². The summed E-state index contributed by atoms with van der Waals surface area (Å²) in [6.07, 6.45) is 1.08. The van der Waals surface area contributed by atoms with E-state index in [4.69, 9.17) is 0 Å². The third-order valence-electron chi connectivity index (χ3n) is 3.04. The second-order valence-corrected chi connectivity index (χ2v) is 4.57. The Morgan fingerprint density at radius 1 is 1.19 bits per heavy atom. The highest BCUT2D eigenvalue weighted by molar-refractivity contribution is 5.19. The van der Waals surface area contributed by atoms with Gasteiger partial charge in [-0.15, -0.1) is 0 Å². The molecule has 0 aliphatic heterocycles. The topological polar surface area (TPSA) is 32.3 Å². The predicted octanol–water partition coefficient (Wildman–Crippen LogP) is 2.74. The molecule has 2 atom stereocenters. The minimum Gasteiger partial charge on any atom is -0.394 e. The van der Waals surface area contributed by atoms with Crippen molar-refractivity contribution in [1.29, 1.82) is 0 Å². The Morgan fingerprint density at radius 3 is 2.25 bits per heavy atom. The zero-order chi connectivity index (χ0) is 12.0. The van der Waals surface area contributed by atoms with Gasteiger partial charge in [-0.25, -0.2) is 0 Å². The van der Waals surface area contributed by atoms with Gasteiger partial charge in [0.25, 0.3) is 0 Å². The molecule has 90 valence electrons. The van der Waals surface area contributed by atoms with Crippen LogP contribution in [0.1, 0.15) is 38.8 Å². The van der Waals surface area contributed by atoms with E-state index >= 15 is 0 Å². The summed E-state index contributed by atoms with van der Waals surface area (Å²) in [6.45, 7) is 6.74. The molecule has 0 heterocycles. The zero-order valence-electron chi connectivity index (χ0n) is 10.5. The average molecular weight is 221 g/mol. The summed E-state index contributed by atoms with van der Waals surface area (Å²) < 4.78 is 0. The van der Waals surface area contributed by atoms with E-state index in [0.29, 0.717) is 12.0 Å². The van der Waals surface area contributed by atoms with Crippen LogP contribution in [0, 0.1) is 5.92 Å². The van der Waals surface area contributed by atoms with Crippen LogP contribution in [-0.4, -0.2) is 17.8 Å². The minimum absolute atomic E-state index is 0.0496. The van der Waals surface area contributed by atoms with Gasteiger partial charge in [0.2, 0.25) is 0 Å². The number of aliphatic hydroxyl groups excluding tert-OH is 1. The van der Waals surface area contributed by atoms with E-state index < -0.39 is 0 Å². The molecule has 2 N–H and O–H groups in total. The van der Waals surface area contributed by atoms with Gasteiger partial charge in [-0.1, -0.05) is 51.1 Å². The Labute approximate surface area is 98.7 Å². The monoisotopic (exact) mass is 221 g/mol. The largest absolute Gasteiger partial charge is 0.394 e. The standard InChI is InChI=1S/C14H23NO/c1-4-13(11(2)3)15-14(10-16)12-8-6-5-7-9-12/h5-9,11,13-16H,4,10H2,1-3H3. The van der Waals surface area contributed by atoms with Crippen LogP contribution in [0.5, 0.6) is 0 Å². The lowest BCUT2D eigenvalue weighted by atomic mass is 9.99. The fourth-order valence-electron chi connectivity index (χ4n) is 1.98. The molecule has 0 spiro atoms. The van der Waals surface area contributed by atoms with Gasteiger partial charge in [-0.05, 0) is 17.9 Å². The highest BCUT2D eigenvalue weighted by atomic mass is 16.3. The van der Waals surface area contributed by atoms with Crippen molar-refractivity contribution in [1.82, 2.24) is 5.32 Å². The van der Waals surface area contributed by atoms with Crippen LogP contribution in [0.15, 0.2) is 30.3 Å². The van der Waals surface area contributed by atoms with E-state index in [2.05, 4.69) is 38.2 Å². The maximum atomic E-state index is 9.44. The molecule has 16 heavy (non-hydrogen) atoms. The number of hydrogen-bond donors (Lipinski definition) is 2. The summed E-state index contributed by atoms with van der Waals surface area (Å²) in [5.41, 5.74) is 1.16. The molecule has 0 aliphatic carbocycles. The number of rotatable bonds is 6. The van der Waals surface area contributed by atoms with E-state index in [0.717, 1.165) is 12.0 Å². The molecule has 0 radical (unpaired) electrons. The molecule has 0 amide bonds. The van der Waals surface area contributed by atoms with Gasteiger partial charge in [0.15, 0.2) is 0 Å². The summed E-state index contributed by atoms with van der Waals surface area (Å²) in [7, 11) is 0. The van der Waals surface area contributed by atoms with Crippen molar-refractivity contribution in [3.8, 4) is 0 Å². The molecule has 1 rings (SSSR count). The van der Waals surface area contributed by atoms with Crippen LogP contribution < -0.4 is 5.32 Å². The minimum atomic E-state index is 0.0496. The number of nitrogens with one attached hydrogen (secondary N) is 1. The van der Waals surface area contributed by atoms with Crippen molar-refractivity contribution in [2.24, 2.45) is 5.92 Å². The molecule has 1 aromatic rings. The first-order valence-corrected chi connectivity index (χ1v) is 6.10. The molecule has 0 aliphatic rings. The molecule has 0 saturated heterocycles. The molecule has 1 aromatic carbocycles. The lowest BCUT2D eigenvalue weighted by molar-refractivity contribution is 0.219. The van der Waals surface area contributed by atoms with E-state index in [9.17, 15) is 5.11 Å².